The van der Waals surface area contributed by atoms with Gasteiger partial charge in [0.25, 0.3) is 0 Å². The minimum atomic E-state index is 0.654. The van der Waals surface area contributed by atoms with E-state index in [-0.39, 0.29) is 0 Å². The average Bonchev–Trinajstić information content (AvgIpc) is 3.08. The van der Waals surface area contributed by atoms with Crippen LogP contribution < -0.4 is 4.74 Å². The molecule has 0 N–H and O–H groups in total. The third kappa shape index (κ3) is 3.44. The maximum atomic E-state index is 5.33. The first-order chi connectivity index (χ1) is 12.1. The summed E-state index contributed by atoms with van der Waals surface area (Å²) in [6, 6.07) is 9.13. The predicted octanol–water partition coefficient (Wildman–Crippen LogP) is 3.01. The minimum Gasteiger partial charge on any atom is -0.497 e. The highest BCUT2D eigenvalue weighted by Gasteiger charge is 2.38. The van der Waals surface area contributed by atoms with Crippen LogP contribution in [0.1, 0.15) is 29.0 Å². The first kappa shape index (κ1) is 16.6. The SMILES string of the molecule is COc1ccc(CN2C[C@H]3C[C@H]2CN(Cc2c(C)noc2C)C3)cc1. The van der Waals surface area contributed by atoms with Crippen molar-refractivity contribution in [3.63, 3.8) is 0 Å². The fourth-order valence-electron chi connectivity index (χ4n) is 4.39. The van der Waals surface area contributed by atoms with Crippen LogP contribution in [-0.2, 0) is 13.1 Å². The number of nitrogens with zero attached hydrogens (tertiary/aromatic N) is 3. The Morgan fingerprint density at radius 3 is 2.60 bits per heavy atom. The molecule has 0 spiro atoms. The molecular weight excluding hydrogens is 314 g/mol. The first-order valence-corrected chi connectivity index (χ1v) is 9.13. The van der Waals surface area contributed by atoms with E-state index in [0.29, 0.717) is 6.04 Å². The van der Waals surface area contributed by atoms with Crippen LogP contribution in [0.25, 0.3) is 0 Å². The summed E-state index contributed by atoms with van der Waals surface area (Å²) in [6.45, 7) is 9.57. The van der Waals surface area contributed by atoms with Crippen molar-refractivity contribution in [1.82, 2.24) is 15.0 Å². The average molecular weight is 341 g/mol. The number of benzene rings is 1. The van der Waals surface area contributed by atoms with Gasteiger partial charge in [0.2, 0.25) is 0 Å². The van der Waals surface area contributed by atoms with Gasteiger partial charge in [-0.15, -0.1) is 0 Å². The van der Waals surface area contributed by atoms with Gasteiger partial charge in [0, 0.05) is 44.3 Å². The van der Waals surface area contributed by atoms with Crippen LogP contribution in [0.4, 0.5) is 0 Å². The van der Waals surface area contributed by atoms with Crippen LogP contribution in [0.15, 0.2) is 28.8 Å². The van der Waals surface area contributed by atoms with Gasteiger partial charge in [-0.2, -0.15) is 0 Å². The third-order valence-corrected chi connectivity index (χ3v) is 5.71. The molecule has 134 valence electrons. The lowest BCUT2D eigenvalue weighted by atomic mass is 9.99. The van der Waals surface area contributed by atoms with E-state index in [2.05, 4.69) is 39.2 Å². The van der Waals surface area contributed by atoms with Crippen molar-refractivity contribution in [3.8, 4) is 5.75 Å². The number of methoxy groups -OCH3 is 1. The van der Waals surface area contributed by atoms with E-state index >= 15 is 0 Å². The zero-order valence-electron chi connectivity index (χ0n) is 15.4. The second-order valence-corrected chi connectivity index (χ2v) is 7.53. The molecule has 2 bridgehead atoms. The molecule has 25 heavy (non-hydrogen) atoms. The Hall–Kier alpha value is -1.85. The fraction of sp³-hybridized carbons (Fsp3) is 0.550. The second kappa shape index (κ2) is 6.81. The topological polar surface area (TPSA) is 41.7 Å². The van der Waals surface area contributed by atoms with Crippen molar-refractivity contribution in [2.24, 2.45) is 5.92 Å². The summed E-state index contributed by atoms with van der Waals surface area (Å²) < 4.78 is 10.6. The molecular formula is C20H27N3O2. The van der Waals surface area contributed by atoms with Crippen LogP contribution in [0.2, 0.25) is 0 Å². The summed E-state index contributed by atoms with van der Waals surface area (Å²) in [5, 5.41) is 4.10. The molecule has 0 saturated carbocycles. The standard InChI is InChI=1S/C20H27N3O2/c1-14-20(15(2)25-21-14)13-22-9-17-8-18(12-22)23(11-17)10-16-4-6-19(24-3)7-5-16/h4-7,17-18H,8-13H2,1-3H3/t17-,18-/m0/s1. The molecule has 0 radical (unpaired) electrons. The van der Waals surface area contributed by atoms with E-state index in [1.54, 1.807) is 7.11 Å². The van der Waals surface area contributed by atoms with Crippen LogP contribution in [-0.4, -0.2) is 47.7 Å². The molecule has 5 heteroatoms. The lowest BCUT2D eigenvalue weighted by Crippen LogP contribution is -2.41. The summed E-state index contributed by atoms with van der Waals surface area (Å²) in [6.07, 6.45) is 1.33. The smallest absolute Gasteiger partial charge is 0.138 e. The molecule has 2 aliphatic rings. The number of likely N-dealkylation sites (tertiary alicyclic amines) is 2. The van der Waals surface area contributed by atoms with Gasteiger partial charge in [-0.25, -0.2) is 0 Å². The summed E-state index contributed by atoms with van der Waals surface area (Å²) in [7, 11) is 1.71. The largest absolute Gasteiger partial charge is 0.497 e. The molecule has 1 aromatic heterocycles. The first-order valence-electron chi connectivity index (χ1n) is 9.13. The van der Waals surface area contributed by atoms with E-state index in [4.69, 9.17) is 9.26 Å². The molecule has 2 atom stereocenters. The molecule has 3 heterocycles. The van der Waals surface area contributed by atoms with Crippen molar-refractivity contribution >= 4 is 0 Å². The predicted molar refractivity (Wildman–Crippen MR) is 96.6 cm³/mol. The number of fused-ring (bicyclic) bond motifs is 2. The number of aryl methyl sites for hydroxylation is 2. The highest BCUT2D eigenvalue weighted by Crippen LogP contribution is 2.32. The van der Waals surface area contributed by atoms with Gasteiger partial charge >= 0.3 is 0 Å². The summed E-state index contributed by atoms with van der Waals surface area (Å²) in [4.78, 5) is 5.24. The quantitative estimate of drug-likeness (QED) is 0.836. The van der Waals surface area contributed by atoms with E-state index in [9.17, 15) is 0 Å². The lowest BCUT2D eigenvalue weighted by Gasteiger charge is -2.32. The Balaban J connectivity index is 1.40. The number of hydrogen-bond acceptors (Lipinski definition) is 5. The molecule has 0 amide bonds. The third-order valence-electron chi connectivity index (χ3n) is 5.71. The van der Waals surface area contributed by atoms with Gasteiger partial charge in [-0.05, 0) is 43.9 Å². The number of rotatable bonds is 5. The Morgan fingerprint density at radius 1 is 1.12 bits per heavy atom. The normalized spacial score (nSPS) is 24.0. The molecule has 1 aromatic carbocycles. The van der Waals surface area contributed by atoms with Gasteiger partial charge in [0.15, 0.2) is 0 Å². The highest BCUT2D eigenvalue weighted by atomic mass is 16.5. The monoisotopic (exact) mass is 341 g/mol. The zero-order chi connectivity index (χ0) is 17.4. The summed E-state index contributed by atoms with van der Waals surface area (Å²) in [5.41, 5.74) is 3.67. The van der Waals surface area contributed by atoms with E-state index in [0.717, 1.165) is 42.8 Å². The van der Waals surface area contributed by atoms with Gasteiger partial charge in [0.05, 0.1) is 12.8 Å². The van der Waals surface area contributed by atoms with Gasteiger partial charge in [0.1, 0.15) is 11.5 Å². The van der Waals surface area contributed by atoms with Crippen molar-refractivity contribution in [2.45, 2.75) is 39.4 Å². The van der Waals surface area contributed by atoms with Crippen molar-refractivity contribution < 1.29 is 9.26 Å². The Kier molecular flexibility index (Phi) is 4.52. The highest BCUT2D eigenvalue weighted by molar-refractivity contribution is 5.27. The van der Waals surface area contributed by atoms with Gasteiger partial charge < -0.3 is 9.26 Å². The second-order valence-electron chi connectivity index (χ2n) is 7.53. The maximum Gasteiger partial charge on any atom is 0.138 e. The van der Waals surface area contributed by atoms with E-state index in [1.807, 2.05) is 13.8 Å². The Labute approximate surface area is 149 Å². The Bertz CT molecular complexity index is 706. The molecule has 0 aliphatic carbocycles. The lowest BCUT2D eigenvalue weighted by molar-refractivity contribution is 0.152. The van der Waals surface area contributed by atoms with Crippen molar-refractivity contribution in [3.05, 3.63) is 46.8 Å². The fourth-order valence-corrected chi connectivity index (χ4v) is 4.39. The van der Waals surface area contributed by atoms with Crippen LogP contribution >= 0.6 is 0 Å². The van der Waals surface area contributed by atoms with Gasteiger partial charge in [-0.1, -0.05) is 17.3 Å². The molecule has 0 unspecified atom stereocenters. The molecule has 4 rings (SSSR count). The van der Waals surface area contributed by atoms with E-state index < -0.39 is 0 Å². The summed E-state index contributed by atoms with van der Waals surface area (Å²) in [5.74, 6) is 2.66. The maximum absolute atomic E-state index is 5.33. The minimum absolute atomic E-state index is 0.654. The van der Waals surface area contributed by atoms with Crippen LogP contribution in [0.5, 0.6) is 5.75 Å². The number of hydrogen-bond donors (Lipinski definition) is 0. The molecule has 2 aliphatic heterocycles. The molecule has 2 fully saturated rings. The number of piperidine rings is 1. The number of ether oxygens (including phenoxy) is 1. The van der Waals surface area contributed by atoms with Crippen LogP contribution in [0, 0.1) is 19.8 Å². The van der Waals surface area contributed by atoms with Crippen molar-refractivity contribution in [2.75, 3.05) is 26.7 Å². The molecule has 5 nitrogen and oxygen atoms in total. The zero-order valence-corrected chi connectivity index (χ0v) is 15.4. The van der Waals surface area contributed by atoms with E-state index in [1.165, 1.54) is 30.6 Å². The Morgan fingerprint density at radius 2 is 1.92 bits per heavy atom. The van der Waals surface area contributed by atoms with Crippen LogP contribution in [0.3, 0.4) is 0 Å². The van der Waals surface area contributed by atoms with Crippen molar-refractivity contribution in [1.29, 1.82) is 0 Å². The molecule has 2 saturated heterocycles. The number of aromatic nitrogens is 1. The molecule has 2 aromatic rings. The van der Waals surface area contributed by atoms with Gasteiger partial charge in [-0.3, -0.25) is 9.80 Å². The summed E-state index contributed by atoms with van der Waals surface area (Å²) >= 11 is 0.